The van der Waals surface area contributed by atoms with Crippen LogP contribution in [0.25, 0.3) is 11.5 Å². The van der Waals surface area contributed by atoms with Crippen LogP contribution >= 0.6 is 11.8 Å². The third-order valence-electron chi connectivity index (χ3n) is 4.82. The van der Waals surface area contributed by atoms with E-state index in [1.807, 2.05) is 35.7 Å². The van der Waals surface area contributed by atoms with E-state index in [0.29, 0.717) is 29.4 Å². The zero-order valence-electron chi connectivity index (χ0n) is 15.3. The fourth-order valence-corrected chi connectivity index (χ4v) is 5.31. The van der Waals surface area contributed by atoms with Crippen LogP contribution in [0.3, 0.4) is 0 Å². The average Bonchev–Trinajstić information content (AvgIpc) is 3.21. The van der Waals surface area contributed by atoms with Crippen LogP contribution in [-0.2, 0) is 37.1 Å². The smallest absolute Gasteiger partial charge is 0.243 e. The molecule has 1 aliphatic rings. The van der Waals surface area contributed by atoms with E-state index in [9.17, 15) is 8.42 Å². The largest absolute Gasteiger partial charge is 0.304 e. The van der Waals surface area contributed by atoms with Gasteiger partial charge < -0.3 is 4.57 Å². The van der Waals surface area contributed by atoms with Gasteiger partial charge in [0.1, 0.15) is 5.69 Å². The highest BCUT2D eigenvalue weighted by Gasteiger charge is 2.33. The SMILES string of the molecule is CSc1nnc(-c2nn(C)c3c2CN(S(=O)(=O)c2ccccc2)CC3)n1C. The van der Waals surface area contributed by atoms with Crippen LogP contribution in [0.2, 0.25) is 0 Å². The highest BCUT2D eigenvalue weighted by molar-refractivity contribution is 7.98. The van der Waals surface area contributed by atoms with Gasteiger partial charge >= 0.3 is 0 Å². The van der Waals surface area contributed by atoms with Gasteiger partial charge in [-0.1, -0.05) is 30.0 Å². The zero-order chi connectivity index (χ0) is 19.2. The molecule has 0 unspecified atom stereocenters. The number of sulfonamides is 1. The molecule has 4 rings (SSSR count). The Morgan fingerprint density at radius 3 is 2.52 bits per heavy atom. The van der Waals surface area contributed by atoms with E-state index in [-0.39, 0.29) is 6.54 Å². The summed E-state index contributed by atoms with van der Waals surface area (Å²) < 4.78 is 31.3. The van der Waals surface area contributed by atoms with Crippen molar-refractivity contribution >= 4 is 21.8 Å². The van der Waals surface area contributed by atoms with Gasteiger partial charge in [-0.15, -0.1) is 10.2 Å². The fraction of sp³-hybridized carbons (Fsp3) is 0.353. The first-order valence-corrected chi connectivity index (χ1v) is 11.1. The maximum absolute atomic E-state index is 13.0. The molecule has 2 aromatic heterocycles. The van der Waals surface area contributed by atoms with Crippen molar-refractivity contribution in [3.63, 3.8) is 0 Å². The molecule has 0 bridgehead atoms. The van der Waals surface area contributed by atoms with Crippen molar-refractivity contribution in [1.82, 2.24) is 28.9 Å². The molecule has 0 amide bonds. The van der Waals surface area contributed by atoms with Gasteiger partial charge in [0, 0.05) is 44.9 Å². The van der Waals surface area contributed by atoms with Crippen LogP contribution in [0.15, 0.2) is 40.4 Å². The number of aryl methyl sites for hydroxylation is 1. The van der Waals surface area contributed by atoms with Crippen molar-refractivity contribution in [2.45, 2.75) is 23.0 Å². The van der Waals surface area contributed by atoms with Crippen LogP contribution < -0.4 is 0 Å². The summed E-state index contributed by atoms with van der Waals surface area (Å²) in [6.07, 6.45) is 2.55. The first kappa shape index (κ1) is 18.2. The van der Waals surface area contributed by atoms with Crippen molar-refractivity contribution in [3.8, 4) is 11.5 Å². The van der Waals surface area contributed by atoms with Gasteiger partial charge in [0.05, 0.1) is 4.90 Å². The first-order valence-electron chi connectivity index (χ1n) is 8.47. The molecule has 142 valence electrons. The van der Waals surface area contributed by atoms with Crippen molar-refractivity contribution in [2.24, 2.45) is 14.1 Å². The van der Waals surface area contributed by atoms with Crippen molar-refractivity contribution in [3.05, 3.63) is 41.6 Å². The van der Waals surface area contributed by atoms with Crippen LogP contribution in [0.1, 0.15) is 11.3 Å². The average molecular weight is 405 g/mol. The Morgan fingerprint density at radius 2 is 1.85 bits per heavy atom. The molecule has 0 saturated carbocycles. The van der Waals surface area contributed by atoms with Gasteiger partial charge in [0.15, 0.2) is 11.0 Å². The zero-order valence-corrected chi connectivity index (χ0v) is 17.0. The Kier molecular flexibility index (Phi) is 4.57. The highest BCUT2D eigenvalue weighted by atomic mass is 32.2. The van der Waals surface area contributed by atoms with Gasteiger partial charge in [-0.3, -0.25) is 4.68 Å². The van der Waals surface area contributed by atoms with Crippen LogP contribution in [-0.4, -0.2) is 50.1 Å². The number of aromatic nitrogens is 5. The minimum atomic E-state index is -3.55. The molecule has 3 heterocycles. The number of hydrogen-bond donors (Lipinski definition) is 0. The second kappa shape index (κ2) is 6.77. The molecular formula is C17H20N6O2S2. The van der Waals surface area contributed by atoms with Crippen molar-refractivity contribution < 1.29 is 8.42 Å². The second-order valence-corrected chi connectivity index (χ2v) is 9.08. The molecule has 0 radical (unpaired) electrons. The normalized spacial score (nSPS) is 15.1. The molecule has 0 aliphatic carbocycles. The molecule has 1 aromatic carbocycles. The maximum atomic E-state index is 13.0. The molecule has 10 heteroatoms. The predicted molar refractivity (Wildman–Crippen MR) is 103 cm³/mol. The molecule has 0 saturated heterocycles. The van der Waals surface area contributed by atoms with Crippen LogP contribution in [0.5, 0.6) is 0 Å². The molecule has 1 aliphatic heterocycles. The van der Waals surface area contributed by atoms with Gasteiger partial charge in [-0.05, 0) is 18.4 Å². The molecule has 27 heavy (non-hydrogen) atoms. The number of rotatable bonds is 4. The summed E-state index contributed by atoms with van der Waals surface area (Å²) in [6, 6.07) is 8.54. The Bertz CT molecular complexity index is 1090. The van der Waals surface area contributed by atoms with Gasteiger partial charge in [-0.25, -0.2) is 8.42 Å². The maximum Gasteiger partial charge on any atom is 0.243 e. The van der Waals surface area contributed by atoms with E-state index in [1.165, 1.54) is 16.1 Å². The summed E-state index contributed by atoms with van der Waals surface area (Å²) in [4.78, 5) is 0.308. The van der Waals surface area contributed by atoms with E-state index in [0.717, 1.165) is 16.4 Å². The Morgan fingerprint density at radius 1 is 1.11 bits per heavy atom. The number of fused-ring (bicyclic) bond motifs is 1. The lowest BCUT2D eigenvalue weighted by molar-refractivity contribution is 0.386. The Balaban J connectivity index is 1.75. The van der Waals surface area contributed by atoms with Gasteiger partial charge in [0.25, 0.3) is 0 Å². The monoisotopic (exact) mass is 404 g/mol. The fourth-order valence-electron chi connectivity index (χ4n) is 3.39. The lowest BCUT2D eigenvalue weighted by atomic mass is 10.1. The molecule has 3 aromatic rings. The Hall–Kier alpha value is -2.17. The van der Waals surface area contributed by atoms with E-state index in [2.05, 4.69) is 15.3 Å². The number of nitrogens with zero attached hydrogens (tertiary/aromatic N) is 6. The van der Waals surface area contributed by atoms with E-state index < -0.39 is 10.0 Å². The Labute approximate surface area is 162 Å². The third-order valence-corrected chi connectivity index (χ3v) is 7.40. The summed E-state index contributed by atoms with van der Waals surface area (Å²) in [6.45, 7) is 0.704. The highest BCUT2D eigenvalue weighted by Crippen LogP contribution is 2.32. The first-order chi connectivity index (χ1) is 12.9. The molecule has 8 nitrogen and oxygen atoms in total. The van der Waals surface area contributed by atoms with E-state index >= 15 is 0 Å². The molecule has 0 spiro atoms. The third kappa shape index (κ3) is 2.97. The molecular weight excluding hydrogens is 384 g/mol. The van der Waals surface area contributed by atoms with Gasteiger partial charge in [-0.2, -0.15) is 9.40 Å². The standard InChI is InChI=1S/C17H20N6O2S2/c1-21-16(18-19-17(21)26-3)15-13-11-23(10-9-14(13)22(2)20-15)27(24,25)12-7-5-4-6-8-12/h4-8H,9-11H2,1-3H3. The molecule has 0 fully saturated rings. The van der Waals surface area contributed by atoms with Crippen molar-refractivity contribution in [1.29, 1.82) is 0 Å². The van der Waals surface area contributed by atoms with Gasteiger partial charge in [0.2, 0.25) is 10.0 Å². The summed E-state index contributed by atoms with van der Waals surface area (Å²) in [5, 5.41) is 13.9. The van der Waals surface area contributed by atoms with E-state index in [4.69, 9.17) is 0 Å². The number of benzene rings is 1. The quantitative estimate of drug-likeness (QED) is 0.615. The lowest BCUT2D eigenvalue weighted by Gasteiger charge is -2.26. The topological polar surface area (TPSA) is 85.9 Å². The molecule has 0 N–H and O–H groups in total. The van der Waals surface area contributed by atoms with Crippen LogP contribution in [0, 0.1) is 0 Å². The summed E-state index contributed by atoms with van der Waals surface area (Å²) in [5.41, 5.74) is 2.63. The summed E-state index contributed by atoms with van der Waals surface area (Å²) >= 11 is 1.51. The van der Waals surface area contributed by atoms with Crippen molar-refractivity contribution in [2.75, 3.05) is 12.8 Å². The molecule has 0 atom stereocenters. The summed E-state index contributed by atoms with van der Waals surface area (Å²) in [5.74, 6) is 0.648. The second-order valence-electron chi connectivity index (χ2n) is 6.37. The lowest BCUT2D eigenvalue weighted by Crippen LogP contribution is -2.36. The number of hydrogen-bond acceptors (Lipinski definition) is 6. The minimum absolute atomic E-state index is 0.275. The minimum Gasteiger partial charge on any atom is -0.304 e. The summed E-state index contributed by atoms with van der Waals surface area (Å²) in [7, 11) is 0.222. The number of thioether (sulfide) groups is 1. The predicted octanol–water partition coefficient (Wildman–Crippen LogP) is 1.68. The van der Waals surface area contributed by atoms with E-state index in [1.54, 1.807) is 24.3 Å². The van der Waals surface area contributed by atoms with Crippen LogP contribution in [0.4, 0.5) is 0 Å².